The van der Waals surface area contributed by atoms with E-state index in [1.807, 2.05) is 0 Å². The molecule has 0 bridgehead atoms. The van der Waals surface area contributed by atoms with Crippen LogP contribution in [0, 0.1) is 0 Å². The second-order valence-corrected chi connectivity index (χ2v) is 6.61. The molecule has 0 heterocycles. The molecule has 0 aliphatic rings. The third-order valence-corrected chi connectivity index (χ3v) is 2.63. The minimum atomic E-state index is -4.64. The molecule has 0 aromatic carbocycles. The summed E-state index contributed by atoms with van der Waals surface area (Å²) in [5.41, 5.74) is 0. The van der Waals surface area contributed by atoms with Gasteiger partial charge >= 0.3 is 7.82 Å². The fraction of sp³-hybridized carbons (Fsp3) is 1.00. The summed E-state index contributed by atoms with van der Waals surface area (Å²) in [5.74, 6) is 0. The summed E-state index contributed by atoms with van der Waals surface area (Å²) in [6.45, 7) is 10.6. The molecular formula is C18H45O10P. The highest BCUT2D eigenvalue weighted by Gasteiger charge is 2.00. The van der Waals surface area contributed by atoms with Crippen molar-refractivity contribution in [1.29, 1.82) is 0 Å². The van der Waals surface area contributed by atoms with Crippen LogP contribution in [-0.2, 0) is 18.8 Å². The minimum Gasteiger partial charge on any atom is -0.394 e. The monoisotopic (exact) mass is 452 g/mol. The molecule has 0 unspecified atom stereocenters. The first-order chi connectivity index (χ1) is 13.7. The maximum Gasteiger partial charge on any atom is 0.466 e. The Labute approximate surface area is 176 Å². The number of hydrogen-bond donors (Lipinski definition) is 6. The van der Waals surface area contributed by atoms with E-state index < -0.39 is 7.82 Å². The summed E-state index contributed by atoms with van der Waals surface area (Å²) in [7, 11) is -4.64. The second-order valence-electron chi connectivity index (χ2n) is 5.58. The van der Waals surface area contributed by atoms with Crippen molar-refractivity contribution in [2.75, 3.05) is 59.5 Å². The average molecular weight is 453 g/mol. The molecule has 0 amide bonds. The summed E-state index contributed by atoms with van der Waals surface area (Å²) in [6.07, 6.45) is 6.77. The molecule has 0 saturated heterocycles. The zero-order valence-electron chi connectivity index (χ0n) is 18.4. The van der Waals surface area contributed by atoms with Crippen LogP contribution in [0.5, 0.6) is 0 Å². The van der Waals surface area contributed by atoms with Crippen LogP contribution in [0.1, 0.15) is 59.3 Å². The molecule has 0 aliphatic heterocycles. The van der Waals surface area contributed by atoms with Crippen molar-refractivity contribution in [3.63, 3.8) is 0 Å². The normalized spacial score (nSPS) is 10.1. The second kappa shape index (κ2) is 35.3. The molecule has 0 spiro atoms. The Balaban J connectivity index is -0.000000146. The third kappa shape index (κ3) is 84.4. The zero-order chi connectivity index (χ0) is 23.2. The van der Waals surface area contributed by atoms with E-state index in [1.54, 1.807) is 0 Å². The lowest BCUT2D eigenvalue weighted by Crippen LogP contribution is -1.99. The predicted molar refractivity (Wildman–Crippen MR) is 113 cm³/mol. The van der Waals surface area contributed by atoms with Crippen molar-refractivity contribution in [3.05, 3.63) is 0 Å². The van der Waals surface area contributed by atoms with Crippen LogP contribution in [0.4, 0.5) is 0 Å². The third-order valence-electron chi connectivity index (χ3n) is 2.63. The number of aliphatic hydroxyl groups excluding tert-OH is 3. The number of hydrogen-bond acceptors (Lipinski definition) is 7. The summed E-state index contributed by atoms with van der Waals surface area (Å²) in [6, 6.07) is 0. The Kier molecular flexibility index (Phi) is 44.2. The smallest absolute Gasteiger partial charge is 0.394 e. The first kappa shape index (κ1) is 36.3. The molecule has 11 heteroatoms. The highest BCUT2D eigenvalue weighted by Crippen LogP contribution is 2.25. The molecule has 0 aromatic heterocycles. The molecule has 0 rings (SSSR count). The van der Waals surface area contributed by atoms with E-state index in [1.165, 1.54) is 0 Å². The van der Waals surface area contributed by atoms with Gasteiger partial charge in [-0.15, -0.1) is 0 Å². The van der Waals surface area contributed by atoms with E-state index in [0.29, 0.717) is 19.8 Å². The van der Waals surface area contributed by atoms with Crippen molar-refractivity contribution in [3.8, 4) is 0 Å². The van der Waals surface area contributed by atoms with Crippen LogP contribution in [0.15, 0.2) is 0 Å². The molecule has 0 saturated carbocycles. The van der Waals surface area contributed by atoms with E-state index in [4.69, 9.17) is 48.8 Å². The number of ether oxygens (including phenoxy) is 3. The van der Waals surface area contributed by atoms with E-state index in [2.05, 4.69) is 20.8 Å². The number of rotatable bonds is 15. The van der Waals surface area contributed by atoms with Gasteiger partial charge in [-0.3, -0.25) is 0 Å². The van der Waals surface area contributed by atoms with Gasteiger partial charge < -0.3 is 44.2 Å². The molecule has 6 N–H and O–H groups in total. The summed E-state index contributed by atoms with van der Waals surface area (Å²) >= 11 is 0. The number of phosphoric acid groups is 1. The van der Waals surface area contributed by atoms with E-state index in [9.17, 15) is 0 Å². The van der Waals surface area contributed by atoms with Crippen molar-refractivity contribution >= 4 is 7.82 Å². The van der Waals surface area contributed by atoms with Gasteiger partial charge in [0.15, 0.2) is 0 Å². The van der Waals surface area contributed by atoms with Crippen molar-refractivity contribution in [2.24, 2.45) is 0 Å². The van der Waals surface area contributed by atoms with Gasteiger partial charge in [0.05, 0.1) is 39.6 Å². The minimum absolute atomic E-state index is 0.143. The van der Waals surface area contributed by atoms with Crippen LogP contribution < -0.4 is 0 Å². The Morgan fingerprint density at radius 3 is 0.897 bits per heavy atom. The molecule has 182 valence electrons. The van der Waals surface area contributed by atoms with Gasteiger partial charge in [0.1, 0.15) is 0 Å². The highest BCUT2D eigenvalue weighted by atomic mass is 31.2. The van der Waals surface area contributed by atoms with Crippen LogP contribution in [0.3, 0.4) is 0 Å². The molecule has 0 radical (unpaired) electrons. The van der Waals surface area contributed by atoms with E-state index in [-0.39, 0.29) is 19.8 Å². The van der Waals surface area contributed by atoms with Gasteiger partial charge in [0.2, 0.25) is 0 Å². The summed E-state index contributed by atoms with van der Waals surface area (Å²) < 4.78 is 23.8. The maximum absolute atomic E-state index is 8.88. The first-order valence-corrected chi connectivity index (χ1v) is 11.6. The van der Waals surface area contributed by atoms with Gasteiger partial charge in [-0.1, -0.05) is 40.0 Å². The number of aliphatic hydroxyl groups is 3. The van der Waals surface area contributed by atoms with Crippen LogP contribution in [0.25, 0.3) is 0 Å². The Morgan fingerprint density at radius 2 is 0.759 bits per heavy atom. The lowest BCUT2D eigenvalue weighted by molar-refractivity contribution is 0.0904. The highest BCUT2D eigenvalue weighted by molar-refractivity contribution is 7.45. The fourth-order valence-electron chi connectivity index (χ4n) is 1.24. The lowest BCUT2D eigenvalue weighted by atomic mass is 10.4. The van der Waals surface area contributed by atoms with E-state index in [0.717, 1.165) is 58.3 Å². The first-order valence-electron chi connectivity index (χ1n) is 10.1. The van der Waals surface area contributed by atoms with Gasteiger partial charge in [-0.25, -0.2) is 4.57 Å². The topological polar surface area (TPSA) is 166 Å². The summed E-state index contributed by atoms with van der Waals surface area (Å²) in [5, 5.41) is 24.7. The van der Waals surface area contributed by atoms with Crippen LogP contribution in [0.2, 0.25) is 0 Å². The van der Waals surface area contributed by atoms with Gasteiger partial charge in [-0.05, 0) is 19.3 Å². The molecule has 0 atom stereocenters. The molecular weight excluding hydrogens is 407 g/mol. The predicted octanol–water partition coefficient (Wildman–Crippen LogP) is 1.46. The van der Waals surface area contributed by atoms with E-state index >= 15 is 0 Å². The average Bonchev–Trinajstić information content (AvgIpc) is 2.66. The fourth-order valence-corrected chi connectivity index (χ4v) is 1.24. The molecule has 29 heavy (non-hydrogen) atoms. The molecule has 0 aromatic rings. The van der Waals surface area contributed by atoms with Gasteiger partial charge in [0.25, 0.3) is 0 Å². The lowest BCUT2D eigenvalue weighted by Gasteiger charge is -1.97. The van der Waals surface area contributed by atoms with Gasteiger partial charge in [0, 0.05) is 19.8 Å². The zero-order valence-corrected chi connectivity index (χ0v) is 19.3. The van der Waals surface area contributed by atoms with Crippen LogP contribution in [-0.4, -0.2) is 89.5 Å². The SMILES string of the molecule is CCCCOCCO.CCCCOCCO.CCCCOCCO.O=P(O)(O)O. The maximum atomic E-state index is 8.88. The van der Waals surface area contributed by atoms with Crippen molar-refractivity contribution < 1.29 is 48.8 Å². The molecule has 0 aliphatic carbocycles. The Hall–Kier alpha value is -0.130. The number of unbranched alkanes of at least 4 members (excludes halogenated alkanes) is 3. The largest absolute Gasteiger partial charge is 0.466 e. The van der Waals surface area contributed by atoms with Crippen molar-refractivity contribution in [1.82, 2.24) is 0 Å². The Bertz CT molecular complexity index is 235. The molecule has 0 fully saturated rings. The Morgan fingerprint density at radius 1 is 0.552 bits per heavy atom. The van der Waals surface area contributed by atoms with Crippen LogP contribution >= 0.6 is 7.82 Å². The summed E-state index contributed by atoms with van der Waals surface area (Å²) in [4.78, 5) is 21.6. The molecule has 10 nitrogen and oxygen atoms in total. The standard InChI is InChI=1S/3C6H14O2.H3O4P/c3*1-2-3-5-8-6-4-7;1-5(2,3)4/h3*7H,2-6H2,1H3;(H3,1,2,3,4). The quantitative estimate of drug-likeness (QED) is 0.158. The van der Waals surface area contributed by atoms with Gasteiger partial charge in [-0.2, -0.15) is 0 Å². The van der Waals surface area contributed by atoms with Crippen molar-refractivity contribution in [2.45, 2.75) is 59.3 Å².